The second-order valence-electron chi connectivity index (χ2n) is 8.52. The number of H-pyrrole nitrogens is 1. The molecule has 3 aromatic heterocycles. The molecule has 2 aromatic carbocycles. The van der Waals surface area contributed by atoms with Gasteiger partial charge in [-0.3, -0.25) is 4.98 Å². The Morgan fingerprint density at radius 1 is 0.857 bits per heavy atom. The normalized spacial score (nSPS) is 11.1. The first-order valence-electron chi connectivity index (χ1n) is 12.0. The average molecular weight is 465 g/mol. The zero-order chi connectivity index (χ0) is 23.9. The summed E-state index contributed by atoms with van der Waals surface area (Å²) >= 11 is 0. The lowest BCUT2D eigenvalue weighted by Crippen LogP contribution is -2.07. The molecule has 176 valence electrons. The van der Waals surface area contributed by atoms with Gasteiger partial charge in [-0.2, -0.15) is 10.3 Å². The summed E-state index contributed by atoms with van der Waals surface area (Å²) in [6, 6.07) is 22.9. The molecule has 0 bridgehead atoms. The van der Waals surface area contributed by atoms with Gasteiger partial charge in [0, 0.05) is 24.6 Å². The molecule has 3 heterocycles. The standard InChI is InChI=1S/C27H28N8/c1-2-3-11-25-29-24(17-14-20-8-5-4-6-9-20)32-35(25)19-21-12-15-22(16-13-21)23-10-7-18-28-26(23)27-30-33-34-31-27/h4-10,12-13,15-16,18H,2-3,11,14,17,19H2,1H3,(H,30,31,33,34). The number of unbranched alkanes of at least 4 members (excludes halogenated alkanes) is 1. The van der Waals surface area contributed by atoms with Crippen molar-refractivity contribution in [3.8, 4) is 22.6 Å². The van der Waals surface area contributed by atoms with Crippen molar-refractivity contribution in [2.45, 2.75) is 45.6 Å². The third-order valence-electron chi connectivity index (χ3n) is 5.99. The van der Waals surface area contributed by atoms with Gasteiger partial charge in [-0.05, 0) is 40.8 Å². The van der Waals surface area contributed by atoms with E-state index in [-0.39, 0.29) is 0 Å². The predicted octanol–water partition coefficient (Wildman–Crippen LogP) is 4.70. The predicted molar refractivity (Wildman–Crippen MR) is 134 cm³/mol. The third-order valence-corrected chi connectivity index (χ3v) is 5.99. The van der Waals surface area contributed by atoms with E-state index in [9.17, 15) is 0 Å². The number of rotatable bonds is 10. The molecule has 0 saturated carbocycles. The largest absolute Gasteiger partial charge is 0.252 e. The second kappa shape index (κ2) is 10.8. The maximum Gasteiger partial charge on any atom is 0.223 e. The summed E-state index contributed by atoms with van der Waals surface area (Å²) in [5.74, 6) is 2.46. The highest BCUT2D eigenvalue weighted by molar-refractivity contribution is 5.77. The average Bonchev–Trinajstić information content (AvgIpc) is 3.58. The van der Waals surface area contributed by atoms with Gasteiger partial charge in [0.15, 0.2) is 5.82 Å². The van der Waals surface area contributed by atoms with Crippen LogP contribution in [0.4, 0.5) is 0 Å². The lowest BCUT2D eigenvalue weighted by atomic mass is 10.0. The highest BCUT2D eigenvalue weighted by Gasteiger charge is 2.14. The SMILES string of the molecule is CCCCc1nc(CCc2ccccc2)nn1Cc1ccc(-c2cccnc2-c2nn[nH]n2)cc1. The number of nitrogens with zero attached hydrogens (tertiary/aromatic N) is 7. The van der Waals surface area contributed by atoms with E-state index in [2.05, 4.69) is 85.7 Å². The summed E-state index contributed by atoms with van der Waals surface area (Å²) in [7, 11) is 0. The molecule has 0 spiro atoms. The van der Waals surface area contributed by atoms with Gasteiger partial charge in [0.25, 0.3) is 0 Å². The zero-order valence-electron chi connectivity index (χ0n) is 19.8. The molecule has 0 saturated heterocycles. The maximum atomic E-state index is 4.88. The lowest BCUT2D eigenvalue weighted by molar-refractivity contribution is 0.613. The van der Waals surface area contributed by atoms with Crippen molar-refractivity contribution in [2.24, 2.45) is 0 Å². The molecule has 5 aromatic rings. The van der Waals surface area contributed by atoms with Crippen LogP contribution in [0, 0.1) is 0 Å². The van der Waals surface area contributed by atoms with Crippen molar-refractivity contribution in [1.82, 2.24) is 40.4 Å². The van der Waals surface area contributed by atoms with Crippen LogP contribution in [0.15, 0.2) is 72.9 Å². The van der Waals surface area contributed by atoms with E-state index >= 15 is 0 Å². The number of aromatic nitrogens is 8. The van der Waals surface area contributed by atoms with Gasteiger partial charge in [-0.1, -0.05) is 74.0 Å². The Kier molecular flexibility index (Phi) is 6.98. The smallest absolute Gasteiger partial charge is 0.223 e. The first-order chi connectivity index (χ1) is 17.3. The van der Waals surface area contributed by atoms with Crippen LogP contribution >= 0.6 is 0 Å². The fourth-order valence-electron chi connectivity index (χ4n) is 4.12. The molecule has 0 aliphatic heterocycles. The lowest BCUT2D eigenvalue weighted by Gasteiger charge is -2.09. The van der Waals surface area contributed by atoms with Crippen molar-refractivity contribution in [1.29, 1.82) is 0 Å². The number of nitrogens with one attached hydrogen (secondary N) is 1. The first kappa shape index (κ1) is 22.6. The van der Waals surface area contributed by atoms with Crippen molar-refractivity contribution < 1.29 is 0 Å². The minimum absolute atomic E-state index is 0.482. The van der Waals surface area contributed by atoms with E-state index in [1.807, 2.05) is 18.2 Å². The molecular weight excluding hydrogens is 436 g/mol. The Labute approximate surface area is 204 Å². The van der Waals surface area contributed by atoms with Crippen LogP contribution in [-0.2, 0) is 25.8 Å². The molecule has 0 radical (unpaired) electrons. The Balaban J connectivity index is 1.34. The summed E-state index contributed by atoms with van der Waals surface area (Å²) in [6.07, 6.45) is 6.71. The van der Waals surface area contributed by atoms with Crippen LogP contribution in [0.3, 0.4) is 0 Å². The van der Waals surface area contributed by atoms with Crippen LogP contribution in [0.25, 0.3) is 22.6 Å². The summed E-state index contributed by atoms with van der Waals surface area (Å²) in [4.78, 5) is 9.35. The van der Waals surface area contributed by atoms with Gasteiger partial charge < -0.3 is 0 Å². The zero-order valence-corrected chi connectivity index (χ0v) is 19.8. The molecule has 35 heavy (non-hydrogen) atoms. The van der Waals surface area contributed by atoms with Gasteiger partial charge >= 0.3 is 0 Å². The van der Waals surface area contributed by atoms with Crippen LogP contribution in [0.2, 0.25) is 0 Å². The first-order valence-corrected chi connectivity index (χ1v) is 12.0. The summed E-state index contributed by atoms with van der Waals surface area (Å²) in [5, 5.41) is 19.2. The Morgan fingerprint density at radius 2 is 1.71 bits per heavy atom. The molecular formula is C27H28N8. The summed E-state index contributed by atoms with van der Waals surface area (Å²) < 4.78 is 2.07. The number of pyridine rings is 1. The van der Waals surface area contributed by atoms with E-state index in [1.165, 1.54) is 11.1 Å². The summed E-state index contributed by atoms with van der Waals surface area (Å²) in [6.45, 7) is 2.90. The molecule has 0 aliphatic rings. The third kappa shape index (κ3) is 5.48. The molecule has 1 N–H and O–H groups in total. The minimum atomic E-state index is 0.482. The Morgan fingerprint density at radius 3 is 2.49 bits per heavy atom. The van der Waals surface area contributed by atoms with E-state index < -0.39 is 0 Å². The van der Waals surface area contributed by atoms with Gasteiger partial charge in [0.2, 0.25) is 5.82 Å². The van der Waals surface area contributed by atoms with Crippen molar-refractivity contribution in [2.75, 3.05) is 0 Å². The Bertz CT molecular complexity index is 1340. The van der Waals surface area contributed by atoms with Crippen molar-refractivity contribution >= 4 is 0 Å². The highest BCUT2D eigenvalue weighted by atomic mass is 15.5. The highest BCUT2D eigenvalue weighted by Crippen LogP contribution is 2.28. The quantitative estimate of drug-likeness (QED) is 0.322. The number of aromatic amines is 1. The number of hydrogen-bond acceptors (Lipinski definition) is 6. The molecule has 0 atom stereocenters. The molecule has 5 rings (SSSR count). The molecule has 0 aliphatic carbocycles. The number of hydrogen-bond donors (Lipinski definition) is 1. The fraction of sp³-hybridized carbons (Fsp3) is 0.259. The molecule has 0 fully saturated rings. The maximum absolute atomic E-state index is 4.88. The molecule has 8 heteroatoms. The Hall–Kier alpha value is -4.20. The second-order valence-corrected chi connectivity index (χ2v) is 8.52. The number of tetrazole rings is 1. The van der Waals surface area contributed by atoms with Crippen LogP contribution < -0.4 is 0 Å². The van der Waals surface area contributed by atoms with Gasteiger partial charge in [-0.15, -0.1) is 10.2 Å². The van der Waals surface area contributed by atoms with E-state index in [0.717, 1.165) is 54.9 Å². The monoisotopic (exact) mass is 464 g/mol. The van der Waals surface area contributed by atoms with Gasteiger partial charge in [0.1, 0.15) is 11.5 Å². The van der Waals surface area contributed by atoms with Crippen molar-refractivity contribution in [3.05, 3.63) is 95.7 Å². The molecule has 0 unspecified atom stereocenters. The van der Waals surface area contributed by atoms with Crippen LogP contribution in [0.1, 0.15) is 42.5 Å². The van der Waals surface area contributed by atoms with Crippen LogP contribution in [-0.4, -0.2) is 40.4 Å². The number of benzene rings is 2. The topological polar surface area (TPSA) is 98.1 Å². The fourth-order valence-corrected chi connectivity index (χ4v) is 4.12. The van der Waals surface area contributed by atoms with E-state index in [4.69, 9.17) is 10.1 Å². The molecule has 8 nitrogen and oxygen atoms in total. The van der Waals surface area contributed by atoms with Crippen LogP contribution in [0.5, 0.6) is 0 Å². The van der Waals surface area contributed by atoms with E-state index in [0.29, 0.717) is 18.1 Å². The van der Waals surface area contributed by atoms with Crippen molar-refractivity contribution in [3.63, 3.8) is 0 Å². The summed E-state index contributed by atoms with van der Waals surface area (Å²) in [5.41, 5.74) is 5.21. The number of aryl methyl sites for hydroxylation is 3. The minimum Gasteiger partial charge on any atom is -0.252 e. The van der Waals surface area contributed by atoms with E-state index in [1.54, 1.807) is 6.20 Å². The van der Waals surface area contributed by atoms with Gasteiger partial charge in [0.05, 0.1) is 6.54 Å². The van der Waals surface area contributed by atoms with Gasteiger partial charge in [-0.25, -0.2) is 9.67 Å². The molecule has 0 amide bonds.